The van der Waals surface area contributed by atoms with Gasteiger partial charge in [-0.05, 0) is 24.2 Å². The third-order valence-electron chi connectivity index (χ3n) is 3.21. The molecule has 0 aromatic heterocycles. The first-order chi connectivity index (χ1) is 9.11. The first-order valence-corrected chi connectivity index (χ1v) is 7.72. The van der Waals surface area contributed by atoms with Crippen molar-refractivity contribution in [2.24, 2.45) is 0 Å². The standard InChI is InChI=1S/C14H20F2N2S/c1-3-17-8-11-6-12(15)14(13(16)7-11)18-4-5-19-10(2)9-18/h6-7,10,17H,3-5,8-9H2,1-2H3. The van der Waals surface area contributed by atoms with Crippen LogP contribution in [0.15, 0.2) is 12.1 Å². The second-order valence-corrected chi connectivity index (χ2v) is 6.36. The fourth-order valence-electron chi connectivity index (χ4n) is 2.31. The van der Waals surface area contributed by atoms with E-state index in [0.29, 0.717) is 30.4 Å². The lowest BCUT2D eigenvalue weighted by atomic mass is 10.1. The summed E-state index contributed by atoms with van der Waals surface area (Å²) in [6.07, 6.45) is 0. The Hall–Kier alpha value is -0.810. The zero-order valence-electron chi connectivity index (χ0n) is 11.4. The van der Waals surface area contributed by atoms with Crippen LogP contribution in [-0.2, 0) is 6.54 Å². The SMILES string of the molecule is CCNCc1cc(F)c(N2CCSC(C)C2)c(F)c1. The van der Waals surface area contributed by atoms with Gasteiger partial charge in [0.2, 0.25) is 0 Å². The van der Waals surface area contributed by atoms with Gasteiger partial charge in [-0.1, -0.05) is 13.8 Å². The molecule has 1 aliphatic rings. The molecule has 1 heterocycles. The number of nitrogens with zero attached hydrogens (tertiary/aromatic N) is 1. The Morgan fingerprint density at radius 3 is 2.63 bits per heavy atom. The van der Waals surface area contributed by atoms with E-state index in [0.717, 1.165) is 12.3 Å². The molecule has 1 aromatic rings. The summed E-state index contributed by atoms with van der Waals surface area (Å²) in [5.74, 6) is 0.0122. The fraction of sp³-hybridized carbons (Fsp3) is 0.571. The van der Waals surface area contributed by atoms with Crippen molar-refractivity contribution in [1.82, 2.24) is 5.32 Å². The second kappa shape index (κ2) is 6.57. The van der Waals surface area contributed by atoms with Gasteiger partial charge in [0.05, 0.1) is 0 Å². The molecule has 19 heavy (non-hydrogen) atoms. The molecule has 2 rings (SSSR count). The number of rotatable bonds is 4. The lowest BCUT2D eigenvalue weighted by molar-refractivity contribution is 0.564. The predicted molar refractivity (Wildman–Crippen MR) is 77.9 cm³/mol. The van der Waals surface area contributed by atoms with E-state index in [1.54, 1.807) is 0 Å². The van der Waals surface area contributed by atoms with Gasteiger partial charge < -0.3 is 10.2 Å². The van der Waals surface area contributed by atoms with Crippen molar-refractivity contribution in [2.45, 2.75) is 25.6 Å². The molecule has 1 saturated heterocycles. The highest BCUT2D eigenvalue weighted by molar-refractivity contribution is 8.00. The number of anilines is 1. The summed E-state index contributed by atoms with van der Waals surface area (Å²) < 4.78 is 28.3. The summed E-state index contributed by atoms with van der Waals surface area (Å²) in [6.45, 7) is 6.74. The van der Waals surface area contributed by atoms with Crippen molar-refractivity contribution < 1.29 is 8.78 Å². The van der Waals surface area contributed by atoms with Crippen LogP contribution in [0, 0.1) is 11.6 Å². The first-order valence-electron chi connectivity index (χ1n) is 6.67. The fourth-order valence-corrected chi connectivity index (χ4v) is 3.33. The minimum Gasteiger partial charge on any atom is -0.365 e. The Kier molecular flexibility index (Phi) is 5.05. The van der Waals surface area contributed by atoms with Crippen LogP contribution in [0.3, 0.4) is 0 Å². The highest BCUT2D eigenvalue weighted by atomic mass is 32.2. The van der Waals surface area contributed by atoms with Crippen LogP contribution in [0.4, 0.5) is 14.5 Å². The van der Waals surface area contributed by atoms with E-state index in [4.69, 9.17) is 0 Å². The zero-order valence-corrected chi connectivity index (χ0v) is 12.2. The van der Waals surface area contributed by atoms with Gasteiger partial charge in [-0.2, -0.15) is 11.8 Å². The normalized spacial score (nSPS) is 19.8. The Bertz CT molecular complexity index is 416. The van der Waals surface area contributed by atoms with Gasteiger partial charge in [0.25, 0.3) is 0 Å². The van der Waals surface area contributed by atoms with Crippen LogP contribution < -0.4 is 10.2 Å². The van der Waals surface area contributed by atoms with E-state index in [-0.39, 0.29) is 5.69 Å². The number of halogens is 2. The highest BCUT2D eigenvalue weighted by Gasteiger charge is 2.23. The van der Waals surface area contributed by atoms with E-state index in [2.05, 4.69) is 12.2 Å². The molecule has 1 N–H and O–H groups in total. The minimum absolute atomic E-state index is 0.132. The van der Waals surface area contributed by atoms with Gasteiger partial charge in [-0.25, -0.2) is 8.78 Å². The minimum atomic E-state index is -0.452. The molecule has 5 heteroatoms. The summed E-state index contributed by atoms with van der Waals surface area (Å²) in [5.41, 5.74) is 0.785. The van der Waals surface area contributed by atoms with Crippen LogP contribution in [0.2, 0.25) is 0 Å². The molecule has 0 saturated carbocycles. The van der Waals surface area contributed by atoms with E-state index >= 15 is 0 Å². The molecule has 1 atom stereocenters. The van der Waals surface area contributed by atoms with Crippen LogP contribution in [0.1, 0.15) is 19.4 Å². The summed E-state index contributed by atoms with van der Waals surface area (Å²) in [4.78, 5) is 1.82. The smallest absolute Gasteiger partial charge is 0.149 e. The Morgan fingerprint density at radius 1 is 1.37 bits per heavy atom. The summed E-state index contributed by atoms with van der Waals surface area (Å²) in [5, 5.41) is 3.49. The third kappa shape index (κ3) is 3.60. The highest BCUT2D eigenvalue weighted by Crippen LogP contribution is 2.29. The van der Waals surface area contributed by atoms with E-state index in [9.17, 15) is 8.78 Å². The molecule has 1 aromatic carbocycles. The third-order valence-corrected chi connectivity index (χ3v) is 4.35. The molecule has 0 aliphatic carbocycles. The molecular formula is C14H20F2N2S. The average Bonchev–Trinajstić information content (AvgIpc) is 2.35. The predicted octanol–water partition coefficient (Wildman–Crippen LogP) is 3.02. The summed E-state index contributed by atoms with van der Waals surface area (Å²) >= 11 is 1.85. The maximum atomic E-state index is 14.1. The number of benzene rings is 1. The topological polar surface area (TPSA) is 15.3 Å². The van der Waals surface area contributed by atoms with Crippen LogP contribution in [0.5, 0.6) is 0 Å². The molecule has 2 nitrogen and oxygen atoms in total. The number of hydrogen-bond acceptors (Lipinski definition) is 3. The van der Waals surface area contributed by atoms with Crippen molar-refractivity contribution in [3.8, 4) is 0 Å². The molecule has 1 unspecified atom stereocenters. The average molecular weight is 286 g/mol. The quantitative estimate of drug-likeness (QED) is 0.916. The zero-order chi connectivity index (χ0) is 13.8. The van der Waals surface area contributed by atoms with Crippen molar-refractivity contribution in [1.29, 1.82) is 0 Å². The van der Waals surface area contributed by atoms with Crippen molar-refractivity contribution in [3.63, 3.8) is 0 Å². The van der Waals surface area contributed by atoms with Crippen LogP contribution >= 0.6 is 11.8 Å². The maximum absolute atomic E-state index is 14.1. The maximum Gasteiger partial charge on any atom is 0.149 e. The van der Waals surface area contributed by atoms with Gasteiger partial charge in [0.1, 0.15) is 17.3 Å². The lowest BCUT2D eigenvalue weighted by Crippen LogP contribution is -2.37. The molecular weight excluding hydrogens is 266 g/mol. The summed E-state index contributed by atoms with van der Waals surface area (Å²) in [6, 6.07) is 2.88. The van der Waals surface area contributed by atoms with Crippen molar-refractivity contribution in [3.05, 3.63) is 29.3 Å². The molecule has 0 spiro atoms. The first kappa shape index (κ1) is 14.6. The molecule has 1 aliphatic heterocycles. The summed E-state index contributed by atoms with van der Waals surface area (Å²) in [7, 11) is 0. The van der Waals surface area contributed by atoms with Gasteiger partial charge >= 0.3 is 0 Å². The van der Waals surface area contributed by atoms with E-state index in [1.165, 1.54) is 12.1 Å². The monoisotopic (exact) mass is 286 g/mol. The van der Waals surface area contributed by atoms with Crippen molar-refractivity contribution in [2.75, 3.05) is 30.3 Å². The van der Waals surface area contributed by atoms with Crippen molar-refractivity contribution >= 4 is 17.4 Å². The second-order valence-electron chi connectivity index (χ2n) is 4.82. The number of hydrogen-bond donors (Lipinski definition) is 1. The van der Waals surface area contributed by atoms with Gasteiger partial charge in [0, 0.05) is 30.6 Å². The Balaban J connectivity index is 2.20. The van der Waals surface area contributed by atoms with E-state index < -0.39 is 11.6 Å². The molecule has 0 bridgehead atoms. The van der Waals surface area contributed by atoms with Crippen LogP contribution in [-0.4, -0.2) is 30.6 Å². The van der Waals surface area contributed by atoms with Gasteiger partial charge in [-0.15, -0.1) is 0 Å². The lowest BCUT2D eigenvalue weighted by Gasteiger charge is -2.33. The van der Waals surface area contributed by atoms with Gasteiger partial charge in [0.15, 0.2) is 0 Å². The largest absolute Gasteiger partial charge is 0.365 e. The molecule has 106 valence electrons. The Morgan fingerprint density at radius 2 is 2.05 bits per heavy atom. The molecule has 1 fully saturated rings. The Labute approximate surface area is 117 Å². The molecule has 0 amide bonds. The number of thioether (sulfide) groups is 1. The molecule has 0 radical (unpaired) electrons. The van der Waals surface area contributed by atoms with Crippen LogP contribution in [0.25, 0.3) is 0 Å². The number of nitrogens with one attached hydrogen (secondary N) is 1. The van der Waals surface area contributed by atoms with E-state index in [1.807, 2.05) is 23.6 Å². The van der Waals surface area contributed by atoms with Gasteiger partial charge in [-0.3, -0.25) is 0 Å².